The highest BCUT2D eigenvalue weighted by Crippen LogP contribution is 2.49. The SMILES string of the molecule is COC(=O)N[C@H](C(=O)N1CCC[C@H]1C1=Nc2cc([C@H]3CC[C@H](c4ccc5c(c4)N=C([C@@H]4CCCN4C(=O)[C@@H](NC(=O)OC)C4CCOC4)C5)N3c3ccc(F)cc3)ccc2C1)C1CCOC1. The third-order valence-electron chi connectivity index (χ3n) is 14.9. The molecular formula is C50H58FN7O8. The first-order valence-electron chi connectivity index (χ1n) is 23.6. The number of hydrogen-bond donors (Lipinski definition) is 2. The molecule has 66 heavy (non-hydrogen) atoms. The summed E-state index contributed by atoms with van der Waals surface area (Å²) in [5.41, 5.74) is 9.09. The molecule has 7 aliphatic heterocycles. The Bertz CT molecular complexity index is 2270. The van der Waals surface area contributed by atoms with Crippen molar-refractivity contribution >= 4 is 52.5 Å². The van der Waals surface area contributed by atoms with Crippen LogP contribution in [0.15, 0.2) is 70.6 Å². The fourth-order valence-electron chi connectivity index (χ4n) is 11.6. The van der Waals surface area contributed by atoms with Gasteiger partial charge in [-0.1, -0.05) is 24.3 Å². The summed E-state index contributed by atoms with van der Waals surface area (Å²) >= 11 is 0. The molecule has 0 spiro atoms. The van der Waals surface area contributed by atoms with Crippen molar-refractivity contribution < 1.29 is 42.5 Å². The number of nitrogens with zero attached hydrogens (tertiary/aromatic N) is 5. The standard InChI is InChI=1S/C50H58FN7O8/c1-63-49(61)54-45(33-17-21-65-27-33)47(59)56-19-3-5-43(56)39-23-29-7-9-31(25-37(29)52-39)41-15-16-42(58(41)36-13-11-35(51)12-14-36)32-10-8-30-24-40(53-38(30)26-32)44-6-4-20-57(44)48(60)46(55-50(62)64-2)34-18-22-66-28-34/h7-14,25-26,33-34,41-46H,3-6,15-24,27-28H2,1-2H3,(H,54,61)(H,55,62)/t33?,34?,41-,42-,43+,44+,45+,46+/m1/s1. The zero-order valence-corrected chi connectivity index (χ0v) is 37.6. The van der Waals surface area contributed by atoms with E-state index in [1.165, 1.54) is 26.4 Å². The number of nitrogens with one attached hydrogen (secondary N) is 2. The number of anilines is 1. The van der Waals surface area contributed by atoms with Gasteiger partial charge < -0.3 is 44.3 Å². The first kappa shape index (κ1) is 44.0. The van der Waals surface area contributed by atoms with Crippen molar-refractivity contribution in [3.05, 3.63) is 88.7 Å². The molecule has 7 heterocycles. The van der Waals surface area contributed by atoms with Crippen LogP contribution < -0.4 is 15.5 Å². The van der Waals surface area contributed by atoms with Crippen LogP contribution in [0.2, 0.25) is 0 Å². The van der Waals surface area contributed by atoms with Crippen molar-refractivity contribution in [2.75, 3.05) is 58.6 Å². The van der Waals surface area contributed by atoms with Crippen LogP contribution in [-0.4, -0.2) is 123 Å². The van der Waals surface area contributed by atoms with E-state index in [0.29, 0.717) is 65.2 Å². The van der Waals surface area contributed by atoms with E-state index in [0.717, 1.165) is 89.3 Å². The summed E-state index contributed by atoms with van der Waals surface area (Å²) in [7, 11) is 2.61. The highest BCUT2D eigenvalue weighted by atomic mass is 19.1. The zero-order valence-electron chi connectivity index (χ0n) is 37.6. The number of halogens is 1. The highest BCUT2D eigenvalue weighted by Gasteiger charge is 2.44. The summed E-state index contributed by atoms with van der Waals surface area (Å²) in [6, 6.07) is 18.0. The minimum Gasteiger partial charge on any atom is -0.453 e. The van der Waals surface area contributed by atoms with Crippen molar-refractivity contribution in [1.82, 2.24) is 20.4 Å². The molecule has 3 aromatic carbocycles. The first-order valence-corrected chi connectivity index (χ1v) is 23.6. The van der Waals surface area contributed by atoms with E-state index in [1.807, 2.05) is 21.9 Å². The van der Waals surface area contributed by atoms with Crippen molar-refractivity contribution in [2.45, 2.75) is 100 Å². The molecule has 5 fully saturated rings. The van der Waals surface area contributed by atoms with Gasteiger partial charge in [0.2, 0.25) is 11.8 Å². The van der Waals surface area contributed by atoms with Crippen LogP contribution in [0, 0.1) is 17.7 Å². The van der Waals surface area contributed by atoms with Gasteiger partial charge >= 0.3 is 12.2 Å². The van der Waals surface area contributed by atoms with Crippen molar-refractivity contribution in [1.29, 1.82) is 0 Å². The molecule has 2 N–H and O–H groups in total. The Labute approximate surface area is 384 Å². The van der Waals surface area contributed by atoms with Gasteiger partial charge in [0.05, 0.1) is 63.0 Å². The van der Waals surface area contributed by atoms with Crippen molar-refractivity contribution in [3.8, 4) is 0 Å². The van der Waals surface area contributed by atoms with Gasteiger partial charge in [-0.25, -0.2) is 14.0 Å². The van der Waals surface area contributed by atoms with Crippen LogP contribution in [-0.2, 0) is 41.4 Å². The average Bonchev–Trinajstić information content (AvgIpc) is 4.19. The Balaban J connectivity index is 0.887. The monoisotopic (exact) mass is 903 g/mol. The van der Waals surface area contributed by atoms with Gasteiger partial charge in [-0.05, 0) is 110 Å². The smallest absolute Gasteiger partial charge is 0.407 e. The predicted molar refractivity (Wildman–Crippen MR) is 244 cm³/mol. The Morgan fingerprint density at radius 2 is 1.11 bits per heavy atom. The molecule has 0 radical (unpaired) electrons. The van der Waals surface area contributed by atoms with Gasteiger partial charge in [-0.15, -0.1) is 0 Å². The number of amides is 4. The third kappa shape index (κ3) is 8.53. The van der Waals surface area contributed by atoms with Gasteiger partial charge in [0.1, 0.15) is 17.9 Å². The van der Waals surface area contributed by atoms with Crippen molar-refractivity contribution in [3.63, 3.8) is 0 Å². The Kier molecular flexibility index (Phi) is 12.5. The number of carbonyl (C=O) groups is 4. The fourth-order valence-corrected chi connectivity index (χ4v) is 11.6. The molecule has 15 nitrogen and oxygen atoms in total. The summed E-state index contributed by atoms with van der Waals surface area (Å²) < 4.78 is 35.4. The van der Waals surface area contributed by atoms with Crippen LogP contribution in [0.1, 0.15) is 85.7 Å². The van der Waals surface area contributed by atoms with Gasteiger partial charge in [0.15, 0.2) is 0 Å². The molecule has 3 aromatic rings. The molecule has 0 saturated carbocycles. The van der Waals surface area contributed by atoms with Gasteiger partial charge in [0.25, 0.3) is 0 Å². The number of carbonyl (C=O) groups excluding carboxylic acids is 4. The largest absolute Gasteiger partial charge is 0.453 e. The van der Waals surface area contributed by atoms with Crippen molar-refractivity contribution in [2.24, 2.45) is 21.8 Å². The Morgan fingerprint density at radius 1 is 0.636 bits per heavy atom. The van der Waals surface area contributed by atoms with Crippen LogP contribution in [0.5, 0.6) is 0 Å². The maximum Gasteiger partial charge on any atom is 0.407 e. The first-order chi connectivity index (χ1) is 32.2. The molecule has 5 saturated heterocycles. The third-order valence-corrected chi connectivity index (χ3v) is 14.9. The number of rotatable bonds is 11. The highest BCUT2D eigenvalue weighted by molar-refractivity contribution is 6.02. The second-order valence-corrected chi connectivity index (χ2v) is 18.7. The molecule has 0 aliphatic carbocycles. The van der Waals surface area contributed by atoms with E-state index in [1.54, 1.807) is 0 Å². The number of likely N-dealkylation sites (tertiary alicyclic amines) is 2. The molecule has 0 aromatic heterocycles. The summed E-state index contributed by atoms with van der Waals surface area (Å²) in [4.78, 5) is 69.6. The van der Waals surface area contributed by atoms with E-state index in [9.17, 15) is 23.6 Å². The van der Waals surface area contributed by atoms with E-state index in [2.05, 4.69) is 51.9 Å². The summed E-state index contributed by atoms with van der Waals surface area (Å²) in [6.07, 6.45) is 6.42. The predicted octanol–water partition coefficient (Wildman–Crippen LogP) is 6.67. The lowest BCUT2D eigenvalue weighted by molar-refractivity contribution is -0.135. The molecule has 16 heteroatoms. The average molecular weight is 904 g/mol. The summed E-state index contributed by atoms with van der Waals surface area (Å²) in [5.74, 6) is -0.792. The van der Waals surface area contributed by atoms with E-state index >= 15 is 0 Å². The van der Waals surface area contributed by atoms with Crippen LogP contribution >= 0.6 is 0 Å². The molecule has 0 bridgehead atoms. The minimum atomic E-state index is -0.731. The van der Waals surface area contributed by atoms with Crippen LogP contribution in [0.25, 0.3) is 0 Å². The number of aliphatic imine (C=N–C) groups is 2. The molecule has 7 aliphatic rings. The second kappa shape index (κ2) is 18.8. The van der Waals surface area contributed by atoms with Crippen LogP contribution in [0.4, 0.5) is 31.0 Å². The lowest BCUT2D eigenvalue weighted by Crippen LogP contribution is -2.54. The Hall–Kier alpha value is -5.87. The molecule has 8 atom stereocenters. The Morgan fingerprint density at radius 3 is 1.53 bits per heavy atom. The maximum absolute atomic E-state index is 14.4. The van der Waals surface area contributed by atoms with Gasteiger partial charge in [-0.2, -0.15) is 0 Å². The van der Waals surface area contributed by atoms with E-state index < -0.39 is 24.3 Å². The van der Waals surface area contributed by atoms with Crippen LogP contribution in [0.3, 0.4) is 0 Å². The molecule has 348 valence electrons. The molecule has 10 rings (SSSR count). The fraction of sp³-hybridized carbons (Fsp3) is 0.520. The normalized spacial score (nSPS) is 26.4. The van der Waals surface area contributed by atoms with E-state index in [-0.39, 0.29) is 53.6 Å². The summed E-state index contributed by atoms with van der Waals surface area (Å²) in [5, 5.41) is 5.61. The number of fused-ring (bicyclic) bond motifs is 2. The second-order valence-electron chi connectivity index (χ2n) is 18.7. The lowest BCUT2D eigenvalue weighted by Gasteiger charge is -2.33. The maximum atomic E-state index is 14.4. The van der Waals surface area contributed by atoms with Gasteiger partial charge in [-0.3, -0.25) is 19.6 Å². The topological polar surface area (TPSA) is 164 Å². The number of methoxy groups -OCH3 is 2. The minimum absolute atomic E-state index is 0.0180. The summed E-state index contributed by atoms with van der Waals surface area (Å²) in [6.45, 7) is 3.11. The number of alkyl carbamates (subject to hydrolysis) is 2. The quantitative estimate of drug-likeness (QED) is 0.214. The lowest BCUT2D eigenvalue weighted by atomic mass is 9.96. The number of hydrogen-bond acceptors (Lipinski definition) is 11. The molecule has 4 amide bonds. The van der Waals surface area contributed by atoms with Gasteiger partial charge in [0, 0.05) is 68.1 Å². The molecular weight excluding hydrogens is 846 g/mol. The number of ether oxygens (including phenoxy) is 4. The molecule has 2 unspecified atom stereocenters. The number of benzene rings is 3. The van der Waals surface area contributed by atoms with E-state index in [4.69, 9.17) is 28.9 Å². The zero-order chi connectivity index (χ0) is 45.5.